The molecule has 3 heteroatoms. The van der Waals surface area contributed by atoms with Gasteiger partial charge in [0.05, 0.1) is 11.2 Å². The fourth-order valence-electron chi connectivity index (χ4n) is 3.40. The van der Waals surface area contributed by atoms with Crippen molar-refractivity contribution < 1.29 is 0 Å². The molecule has 0 radical (unpaired) electrons. The molecule has 20 heavy (non-hydrogen) atoms. The summed E-state index contributed by atoms with van der Waals surface area (Å²) in [6, 6.07) is 0. The molecule has 0 atom stereocenters. The van der Waals surface area contributed by atoms with Crippen molar-refractivity contribution in [3.05, 3.63) is 15.6 Å². The summed E-state index contributed by atoms with van der Waals surface area (Å²) in [4.78, 5) is 6.52. The van der Waals surface area contributed by atoms with Gasteiger partial charge in [0.15, 0.2) is 0 Å². The van der Waals surface area contributed by atoms with E-state index in [1.54, 1.807) is 4.88 Å². The number of rotatable bonds is 1. The third-order valence-electron chi connectivity index (χ3n) is 5.02. The Labute approximate surface area is 127 Å². The van der Waals surface area contributed by atoms with Crippen molar-refractivity contribution in [1.82, 2.24) is 4.98 Å². The maximum absolute atomic E-state index is 6.47. The molecule has 0 saturated heterocycles. The molecule has 2 nitrogen and oxygen atoms in total. The van der Waals surface area contributed by atoms with Gasteiger partial charge in [0.2, 0.25) is 0 Å². The van der Waals surface area contributed by atoms with E-state index in [2.05, 4.69) is 0 Å². The molecule has 0 aromatic carbocycles. The zero-order valence-corrected chi connectivity index (χ0v) is 13.4. The van der Waals surface area contributed by atoms with Gasteiger partial charge < -0.3 is 5.73 Å². The average molecular weight is 292 g/mol. The van der Waals surface area contributed by atoms with Crippen molar-refractivity contribution in [1.29, 1.82) is 0 Å². The van der Waals surface area contributed by atoms with Gasteiger partial charge in [-0.05, 0) is 44.9 Å². The predicted molar refractivity (Wildman–Crippen MR) is 86.2 cm³/mol. The zero-order chi connectivity index (χ0) is 13.8. The first-order valence-electron chi connectivity index (χ1n) is 8.56. The molecule has 1 aromatic rings. The lowest BCUT2D eigenvalue weighted by Crippen LogP contribution is -2.43. The van der Waals surface area contributed by atoms with Crippen LogP contribution < -0.4 is 5.73 Å². The average Bonchev–Trinajstić information content (AvgIpc) is 2.79. The Morgan fingerprint density at radius 1 is 0.800 bits per heavy atom. The third kappa shape index (κ3) is 3.25. The van der Waals surface area contributed by atoms with Gasteiger partial charge in [0, 0.05) is 4.88 Å². The molecule has 1 aromatic heterocycles. The number of fused-ring (bicyclic) bond motifs is 1. The topological polar surface area (TPSA) is 38.9 Å². The zero-order valence-electron chi connectivity index (χ0n) is 12.6. The van der Waals surface area contributed by atoms with Crippen LogP contribution in [0.4, 0.5) is 0 Å². The Bertz CT molecular complexity index is 405. The molecule has 0 spiro atoms. The van der Waals surface area contributed by atoms with Gasteiger partial charge in [-0.15, -0.1) is 11.3 Å². The van der Waals surface area contributed by atoms with Gasteiger partial charge >= 0.3 is 0 Å². The van der Waals surface area contributed by atoms with Crippen molar-refractivity contribution >= 4 is 11.3 Å². The van der Waals surface area contributed by atoms with Crippen LogP contribution >= 0.6 is 11.3 Å². The summed E-state index contributed by atoms with van der Waals surface area (Å²) in [5, 5.41) is 1.24. The summed E-state index contributed by atoms with van der Waals surface area (Å²) in [6.45, 7) is 0. The summed E-state index contributed by atoms with van der Waals surface area (Å²) in [7, 11) is 0. The van der Waals surface area contributed by atoms with Crippen molar-refractivity contribution in [2.75, 3.05) is 0 Å². The number of hydrogen-bond donors (Lipinski definition) is 1. The van der Waals surface area contributed by atoms with Gasteiger partial charge in [0.1, 0.15) is 5.01 Å². The molecule has 2 aliphatic carbocycles. The van der Waals surface area contributed by atoms with Crippen LogP contribution in [0.5, 0.6) is 0 Å². The van der Waals surface area contributed by atoms with Crippen molar-refractivity contribution in [2.45, 2.75) is 89.0 Å². The third-order valence-corrected chi connectivity index (χ3v) is 6.39. The molecule has 1 heterocycles. The molecule has 112 valence electrons. The first-order chi connectivity index (χ1) is 9.78. The van der Waals surface area contributed by atoms with Crippen LogP contribution in [-0.4, -0.2) is 4.98 Å². The highest BCUT2D eigenvalue weighted by molar-refractivity contribution is 7.11. The first-order valence-corrected chi connectivity index (χ1v) is 9.37. The quantitative estimate of drug-likeness (QED) is 0.814. The summed E-state index contributed by atoms with van der Waals surface area (Å²) in [5.74, 6) is 0. The molecule has 0 aliphatic heterocycles. The summed E-state index contributed by atoms with van der Waals surface area (Å²) in [5.41, 5.74) is 7.80. The number of nitrogens with zero attached hydrogens (tertiary/aromatic N) is 1. The normalized spacial score (nSPS) is 24.1. The maximum atomic E-state index is 6.47. The molecular formula is C17H28N2S. The Hall–Kier alpha value is -0.410. The molecule has 0 amide bonds. The van der Waals surface area contributed by atoms with E-state index in [-0.39, 0.29) is 5.54 Å². The standard InChI is InChI=1S/C17H28N2S/c18-17(12-9-13-17)16-19-14-10-7-5-3-1-2-4-6-8-11-15(14)20-16/h1-13,18H2. The van der Waals surface area contributed by atoms with E-state index >= 15 is 0 Å². The van der Waals surface area contributed by atoms with Crippen LogP contribution in [0, 0.1) is 0 Å². The second kappa shape index (κ2) is 6.57. The Morgan fingerprint density at radius 3 is 2.00 bits per heavy atom. The highest BCUT2D eigenvalue weighted by atomic mass is 32.1. The number of nitrogens with two attached hydrogens (primary N) is 1. The number of thiazole rings is 1. The Kier molecular flexibility index (Phi) is 4.77. The van der Waals surface area contributed by atoms with E-state index in [1.807, 2.05) is 11.3 Å². The number of aryl methyl sites for hydroxylation is 2. The van der Waals surface area contributed by atoms with Gasteiger partial charge in [0.25, 0.3) is 0 Å². The van der Waals surface area contributed by atoms with Crippen LogP contribution in [0.15, 0.2) is 0 Å². The van der Waals surface area contributed by atoms with Gasteiger partial charge in [-0.3, -0.25) is 0 Å². The largest absolute Gasteiger partial charge is 0.319 e. The Morgan fingerprint density at radius 2 is 1.40 bits per heavy atom. The second-order valence-electron chi connectivity index (χ2n) is 6.73. The summed E-state index contributed by atoms with van der Waals surface area (Å²) >= 11 is 1.93. The van der Waals surface area contributed by atoms with Crippen LogP contribution in [-0.2, 0) is 18.4 Å². The monoisotopic (exact) mass is 292 g/mol. The lowest BCUT2D eigenvalue weighted by molar-refractivity contribution is 0.252. The van der Waals surface area contributed by atoms with Gasteiger partial charge in [-0.2, -0.15) is 0 Å². The fourth-order valence-corrected chi connectivity index (χ4v) is 4.71. The molecule has 0 unspecified atom stereocenters. The highest BCUT2D eigenvalue weighted by Gasteiger charge is 2.37. The van der Waals surface area contributed by atoms with Crippen LogP contribution in [0.1, 0.15) is 86.2 Å². The lowest BCUT2D eigenvalue weighted by Gasteiger charge is -2.35. The van der Waals surface area contributed by atoms with Crippen molar-refractivity contribution in [3.63, 3.8) is 0 Å². The van der Waals surface area contributed by atoms with Crippen LogP contribution in [0.3, 0.4) is 0 Å². The lowest BCUT2D eigenvalue weighted by atomic mass is 9.78. The van der Waals surface area contributed by atoms with E-state index in [0.717, 1.165) is 12.8 Å². The molecule has 1 saturated carbocycles. The molecule has 1 fully saturated rings. The molecular weight excluding hydrogens is 264 g/mol. The highest BCUT2D eigenvalue weighted by Crippen LogP contribution is 2.41. The van der Waals surface area contributed by atoms with Gasteiger partial charge in [-0.25, -0.2) is 4.98 Å². The minimum atomic E-state index is -0.0639. The van der Waals surface area contributed by atoms with Crippen molar-refractivity contribution in [2.24, 2.45) is 5.73 Å². The first kappa shape index (κ1) is 14.5. The summed E-state index contributed by atoms with van der Waals surface area (Å²) < 4.78 is 0. The second-order valence-corrected chi connectivity index (χ2v) is 7.81. The van der Waals surface area contributed by atoms with E-state index in [0.29, 0.717) is 0 Å². The maximum Gasteiger partial charge on any atom is 0.113 e. The number of aromatic nitrogens is 1. The minimum absolute atomic E-state index is 0.0639. The minimum Gasteiger partial charge on any atom is -0.319 e. The van der Waals surface area contributed by atoms with Gasteiger partial charge in [-0.1, -0.05) is 38.5 Å². The number of hydrogen-bond acceptors (Lipinski definition) is 3. The van der Waals surface area contributed by atoms with E-state index in [4.69, 9.17) is 10.7 Å². The predicted octanol–water partition coefficient (Wildman–Crippen LogP) is 4.70. The summed E-state index contributed by atoms with van der Waals surface area (Å²) in [6.07, 6.45) is 17.1. The van der Waals surface area contributed by atoms with Crippen LogP contribution in [0.2, 0.25) is 0 Å². The molecule has 3 rings (SSSR count). The smallest absolute Gasteiger partial charge is 0.113 e. The molecule has 0 bridgehead atoms. The van der Waals surface area contributed by atoms with Crippen LogP contribution in [0.25, 0.3) is 0 Å². The Balaban J connectivity index is 1.73. The van der Waals surface area contributed by atoms with E-state index < -0.39 is 0 Å². The van der Waals surface area contributed by atoms with Crippen molar-refractivity contribution in [3.8, 4) is 0 Å². The SMILES string of the molecule is NC1(c2nc3c(s2)CCCCCCCCCC3)CCC1. The fraction of sp³-hybridized carbons (Fsp3) is 0.824. The molecule has 2 aliphatic rings. The molecule has 2 N–H and O–H groups in total. The van der Waals surface area contributed by atoms with E-state index in [1.165, 1.54) is 81.3 Å². The van der Waals surface area contributed by atoms with E-state index in [9.17, 15) is 0 Å².